The van der Waals surface area contributed by atoms with Gasteiger partial charge in [0.2, 0.25) is 0 Å². The number of allylic oxidation sites excluding steroid dienone is 4. The highest BCUT2D eigenvalue weighted by Gasteiger charge is 2.39. The van der Waals surface area contributed by atoms with Gasteiger partial charge >= 0.3 is 0 Å². The molecule has 3 heteroatoms. The van der Waals surface area contributed by atoms with Crippen LogP contribution in [0.5, 0.6) is 0 Å². The van der Waals surface area contributed by atoms with E-state index in [9.17, 15) is 9.59 Å². The number of ketones is 2. The summed E-state index contributed by atoms with van der Waals surface area (Å²) in [5.74, 6) is -0.998. The number of benzene rings is 1. The summed E-state index contributed by atoms with van der Waals surface area (Å²) in [6.07, 6.45) is 4.85. The molecule has 1 unspecified atom stereocenters. The molecule has 1 aromatic rings. The lowest BCUT2D eigenvalue weighted by molar-refractivity contribution is 0.0911. The second-order valence-electron chi connectivity index (χ2n) is 4.11. The van der Waals surface area contributed by atoms with Crippen molar-refractivity contribution in [3.63, 3.8) is 0 Å². The summed E-state index contributed by atoms with van der Waals surface area (Å²) in [5.41, 5.74) is 1.49. The molecule has 1 aromatic carbocycles. The van der Waals surface area contributed by atoms with Gasteiger partial charge in [0, 0.05) is 22.4 Å². The third kappa shape index (κ3) is 1.25. The van der Waals surface area contributed by atoms with Crippen molar-refractivity contribution >= 4 is 17.3 Å². The van der Waals surface area contributed by atoms with Gasteiger partial charge in [-0.2, -0.15) is 0 Å². The monoisotopic (exact) mass is 223 g/mol. The van der Waals surface area contributed by atoms with E-state index in [2.05, 4.69) is 0 Å². The molecule has 17 heavy (non-hydrogen) atoms. The van der Waals surface area contributed by atoms with Crippen LogP contribution in [0.15, 0.2) is 48.1 Å². The Balaban J connectivity index is 2.28. The Hall–Kier alpha value is -2.29. The van der Waals surface area contributed by atoms with Gasteiger partial charge in [0.1, 0.15) is 0 Å². The van der Waals surface area contributed by atoms with E-state index in [1.807, 2.05) is 0 Å². The summed E-state index contributed by atoms with van der Waals surface area (Å²) in [7, 11) is 0. The summed E-state index contributed by atoms with van der Waals surface area (Å²) < 4.78 is 0. The molecule has 0 spiro atoms. The predicted octanol–water partition coefficient (Wildman–Crippen LogP) is 2.20. The molecule has 0 amide bonds. The number of fused-ring (bicyclic) bond motifs is 2. The van der Waals surface area contributed by atoms with E-state index in [0.717, 1.165) is 0 Å². The first-order valence-electron chi connectivity index (χ1n) is 5.35. The zero-order valence-corrected chi connectivity index (χ0v) is 8.94. The zero-order valence-electron chi connectivity index (χ0n) is 8.94. The van der Waals surface area contributed by atoms with E-state index in [1.165, 1.54) is 0 Å². The van der Waals surface area contributed by atoms with Crippen LogP contribution in [0.3, 0.4) is 0 Å². The molecule has 0 aromatic heterocycles. The maximum atomic E-state index is 12.2. The summed E-state index contributed by atoms with van der Waals surface area (Å²) in [4.78, 5) is 24.4. The lowest BCUT2D eigenvalue weighted by atomic mass is 9.74. The maximum absolute atomic E-state index is 12.2. The first-order valence-corrected chi connectivity index (χ1v) is 5.35. The minimum Gasteiger partial charge on any atom is -0.304 e. The van der Waals surface area contributed by atoms with Gasteiger partial charge in [-0.25, -0.2) is 0 Å². The molecule has 1 N–H and O–H groups in total. The Labute approximate surface area is 98.0 Å². The fourth-order valence-corrected chi connectivity index (χ4v) is 2.31. The van der Waals surface area contributed by atoms with Gasteiger partial charge in [0.15, 0.2) is 11.6 Å². The number of Topliss-reactive ketones (excluding diaryl/α,β-unsaturated/α-hetero) is 2. The zero-order chi connectivity index (χ0) is 12.0. The number of nitrogens with one attached hydrogen (secondary N) is 1. The van der Waals surface area contributed by atoms with Gasteiger partial charge in [-0.15, -0.1) is 0 Å². The summed E-state index contributed by atoms with van der Waals surface area (Å²) in [6, 6.07) is 6.79. The minimum absolute atomic E-state index is 0.140. The van der Waals surface area contributed by atoms with Gasteiger partial charge < -0.3 is 5.41 Å². The third-order valence-electron chi connectivity index (χ3n) is 3.14. The van der Waals surface area contributed by atoms with E-state index in [1.54, 1.807) is 42.5 Å². The molecule has 0 fully saturated rings. The SMILES string of the molecule is N=C1C=CC=C2C(=O)c3ccccc3C(=O)C12. The molecular weight excluding hydrogens is 214 g/mol. The minimum atomic E-state index is -0.706. The summed E-state index contributed by atoms with van der Waals surface area (Å²) in [6.45, 7) is 0. The van der Waals surface area contributed by atoms with Crippen molar-refractivity contribution in [2.45, 2.75) is 0 Å². The van der Waals surface area contributed by atoms with Crippen LogP contribution < -0.4 is 0 Å². The smallest absolute Gasteiger partial charge is 0.190 e. The Bertz CT molecular complexity index is 623. The lowest BCUT2D eigenvalue weighted by Crippen LogP contribution is -2.35. The molecule has 3 rings (SSSR count). The predicted molar refractivity (Wildman–Crippen MR) is 63.5 cm³/mol. The molecule has 2 aliphatic carbocycles. The Morgan fingerprint density at radius 3 is 2.53 bits per heavy atom. The Morgan fingerprint density at radius 2 is 1.76 bits per heavy atom. The molecule has 0 saturated carbocycles. The molecule has 0 radical (unpaired) electrons. The highest BCUT2D eigenvalue weighted by Crippen LogP contribution is 2.32. The molecule has 0 bridgehead atoms. The van der Waals surface area contributed by atoms with E-state index in [4.69, 9.17) is 5.41 Å². The second-order valence-corrected chi connectivity index (χ2v) is 4.11. The average Bonchev–Trinajstić information content (AvgIpc) is 2.36. The van der Waals surface area contributed by atoms with Gasteiger partial charge in [0.25, 0.3) is 0 Å². The molecule has 3 nitrogen and oxygen atoms in total. The average molecular weight is 223 g/mol. The van der Waals surface area contributed by atoms with Crippen LogP contribution in [0.25, 0.3) is 0 Å². The van der Waals surface area contributed by atoms with Gasteiger partial charge in [-0.3, -0.25) is 9.59 Å². The Kier molecular flexibility index (Phi) is 1.95. The van der Waals surface area contributed by atoms with E-state index in [-0.39, 0.29) is 17.3 Å². The van der Waals surface area contributed by atoms with Crippen LogP contribution in [0.2, 0.25) is 0 Å². The molecule has 2 aliphatic rings. The number of rotatable bonds is 0. The highest BCUT2D eigenvalue weighted by molar-refractivity contribution is 6.31. The number of hydrogen-bond acceptors (Lipinski definition) is 3. The summed E-state index contributed by atoms with van der Waals surface area (Å²) >= 11 is 0. The van der Waals surface area contributed by atoms with Crippen LogP contribution in [0.4, 0.5) is 0 Å². The standard InChI is InChI=1S/C14H9NO2/c15-11-7-3-6-10-12(11)14(17)9-5-2-1-4-8(9)13(10)16/h1-7,12,15H. The first-order chi connectivity index (χ1) is 8.20. The molecule has 0 aliphatic heterocycles. The fraction of sp³-hybridized carbons (Fsp3) is 0.0714. The third-order valence-corrected chi connectivity index (χ3v) is 3.14. The molecule has 0 saturated heterocycles. The van der Waals surface area contributed by atoms with Crippen molar-refractivity contribution in [2.24, 2.45) is 5.92 Å². The van der Waals surface area contributed by atoms with Crippen LogP contribution in [0, 0.1) is 11.3 Å². The van der Waals surface area contributed by atoms with Crippen molar-refractivity contribution in [2.75, 3.05) is 0 Å². The molecule has 1 atom stereocenters. The van der Waals surface area contributed by atoms with Crippen molar-refractivity contribution in [1.82, 2.24) is 0 Å². The maximum Gasteiger partial charge on any atom is 0.190 e. The number of carbonyl (C=O) groups is 2. The van der Waals surface area contributed by atoms with Crippen molar-refractivity contribution < 1.29 is 9.59 Å². The lowest BCUT2D eigenvalue weighted by Gasteiger charge is -2.26. The van der Waals surface area contributed by atoms with Crippen LogP contribution >= 0.6 is 0 Å². The fourth-order valence-electron chi connectivity index (χ4n) is 2.31. The summed E-state index contributed by atoms with van der Waals surface area (Å²) in [5, 5.41) is 7.77. The van der Waals surface area contributed by atoms with E-state index < -0.39 is 5.92 Å². The van der Waals surface area contributed by atoms with Gasteiger partial charge in [0.05, 0.1) is 5.92 Å². The quantitative estimate of drug-likeness (QED) is 0.733. The van der Waals surface area contributed by atoms with E-state index >= 15 is 0 Å². The van der Waals surface area contributed by atoms with Gasteiger partial charge in [-0.1, -0.05) is 36.4 Å². The van der Waals surface area contributed by atoms with Crippen LogP contribution in [0.1, 0.15) is 20.7 Å². The topological polar surface area (TPSA) is 58.0 Å². The molecule has 0 heterocycles. The molecular formula is C14H9NO2. The highest BCUT2D eigenvalue weighted by atomic mass is 16.1. The number of hydrogen-bond donors (Lipinski definition) is 1. The van der Waals surface area contributed by atoms with Crippen LogP contribution in [-0.2, 0) is 0 Å². The van der Waals surface area contributed by atoms with Crippen molar-refractivity contribution in [1.29, 1.82) is 5.41 Å². The Morgan fingerprint density at radius 1 is 1.06 bits per heavy atom. The van der Waals surface area contributed by atoms with Crippen molar-refractivity contribution in [3.05, 3.63) is 59.2 Å². The van der Waals surface area contributed by atoms with E-state index in [0.29, 0.717) is 16.7 Å². The second kappa shape index (κ2) is 3.35. The van der Waals surface area contributed by atoms with Crippen LogP contribution in [-0.4, -0.2) is 17.3 Å². The van der Waals surface area contributed by atoms with Crippen molar-refractivity contribution in [3.8, 4) is 0 Å². The molecule has 82 valence electrons. The first kappa shape index (κ1) is 9.90. The normalized spacial score (nSPS) is 22.0. The number of carbonyl (C=O) groups excluding carboxylic acids is 2. The largest absolute Gasteiger partial charge is 0.304 e. The van der Waals surface area contributed by atoms with Gasteiger partial charge in [-0.05, 0) is 6.08 Å².